The zero-order valence-corrected chi connectivity index (χ0v) is 17.2. The smallest absolute Gasteiger partial charge is 0.247 e. The van der Waals surface area contributed by atoms with Gasteiger partial charge < -0.3 is 14.8 Å². The molecule has 29 heavy (non-hydrogen) atoms. The van der Waals surface area contributed by atoms with Crippen LogP contribution in [0.2, 0.25) is 5.02 Å². The summed E-state index contributed by atoms with van der Waals surface area (Å²) in [7, 11) is 3.15. The Morgan fingerprint density at radius 3 is 2.52 bits per heavy atom. The molecule has 1 amide bonds. The molecule has 1 atom stereocenters. The van der Waals surface area contributed by atoms with Gasteiger partial charge in [-0.3, -0.25) is 4.79 Å². The fourth-order valence-electron chi connectivity index (χ4n) is 2.82. The van der Waals surface area contributed by atoms with Crippen molar-refractivity contribution in [1.29, 1.82) is 0 Å². The zero-order chi connectivity index (χ0) is 20.8. The molecule has 0 aliphatic heterocycles. The Hall–Kier alpha value is -3.13. The number of carbonyl (C=O) groups excluding carboxylic acids is 1. The number of methoxy groups -OCH3 is 2. The van der Waals surface area contributed by atoms with Crippen LogP contribution in [0.1, 0.15) is 24.9 Å². The molecule has 0 aliphatic carbocycles. The van der Waals surface area contributed by atoms with E-state index in [2.05, 4.69) is 20.7 Å². The number of halogens is 1. The lowest BCUT2D eigenvalue weighted by molar-refractivity contribution is -0.125. The van der Waals surface area contributed by atoms with E-state index >= 15 is 0 Å². The largest absolute Gasteiger partial charge is 0.493 e. The van der Waals surface area contributed by atoms with Crippen molar-refractivity contribution in [2.24, 2.45) is 0 Å². The van der Waals surface area contributed by atoms with E-state index in [9.17, 15) is 4.79 Å². The van der Waals surface area contributed by atoms with Crippen LogP contribution in [0.3, 0.4) is 0 Å². The molecular formula is C20H22ClN5O3. The molecule has 152 valence electrons. The van der Waals surface area contributed by atoms with Crippen LogP contribution in [-0.4, -0.2) is 40.3 Å². The predicted octanol–water partition coefficient (Wildman–Crippen LogP) is 3.28. The maximum Gasteiger partial charge on any atom is 0.247 e. The summed E-state index contributed by atoms with van der Waals surface area (Å²) in [5, 5.41) is 16.0. The van der Waals surface area contributed by atoms with Crippen molar-refractivity contribution in [3.8, 4) is 22.9 Å². The van der Waals surface area contributed by atoms with Crippen LogP contribution < -0.4 is 14.8 Å². The molecule has 3 aromatic rings. The first-order chi connectivity index (χ1) is 14.0. The average molecular weight is 416 g/mol. The Kier molecular flexibility index (Phi) is 6.66. The van der Waals surface area contributed by atoms with Crippen LogP contribution in [0.5, 0.6) is 11.5 Å². The van der Waals surface area contributed by atoms with Gasteiger partial charge in [-0.1, -0.05) is 24.6 Å². The molecule has 3 rings (SSSR count). The summed E-state index contributed by atoms with van der Waals surface area (Å²) in [6.45, 7) is 2.24. The van der Waals surface area contributed by atoms with Crippen molar-refractivity contribution in [2.45, 2.75) is 25.9 Å². The van der Waals surface area contributed by atoms with Gasteiger partial charge >= 0.3 is 0 Å². The lowest BCUT2D eigenvalue weighted by atomic mass is 10.1. The maximum absolute atomic E-state index is 12.7. The van der Waals surface area contributed by atoms with Crippen LogP contribution in [-0.2, 0) is 11.3 Å². The number of tetrazole rings is 1. The van der Waals surface area contributed by atoms with Crippen LogP contribution >= 0.6 is 11.6 Å². The molecule has 2 aromatic carbocycles. The molecule has 0 unspecified atom stereocenters. The van der Waals surface area contributed by atoms with Gasteiger partial charge in [-0.15, -0.1) is 10.2 Å². The summed E-state index contributed by atoms with van der Waals surface area (Å²) in [5.41, 5.74) is 1.67. The summed E-state index contributed by atoms with van der Waals surface area (Å²) in [5.74, 6) is 1.49. The lowest BCUT2D eigenvalue weighted by Crippen LogP contribution is -2.33. The standard InChI is InChI=1S/C20H22ClN5O3/c1-4-16(26-24-19(23-25-26)14-6-8-15(21)9-7-14)20(27)22-12-13-5-10-17(28-2)18(11-13)29-3/h5-11,16H,4,12H2,1-3H3,(H,22,27)/t16-/m1/s1. The van der Waals surface area contributed by atoms with Crippen LogP contribution in [0.15, 0.2) is 42.5 Å². The SMILES string of the molecule is CC[C@H](C(=O)NCc1ccc(OC)c(OC)c1)n1nnc(-c2ccc(Cl)cc2)n1. The molecular weight excluding hydrogens is 394 g/mol. The summed E-state index contributed by atoms with van der Waals surface area (Å²) in [6.07, 6.45) is 0.522. The van der Waals surface area contributed by atoms with Crippen molar-refractivity contribution in [3.63, 3.8) is 0 Å². The fourth-order valence-corrected chi connectivity index (χ4v) is 2.95. The number of ether oxygens (including phenoxy) is 2. The van der Waals surface area contributed by atoms with Gasteiger partial charge in [0.15, 0.2) is 17.5 Å². The van der Waals surface area contributed by atoms with E-state index in [-0.39, 0.29) is 5.91 Å². The monoisotopic (exact) mass is 415 g/mol. The second-order valence-electron chi connectivity index (χ2n) is 6.27. The van der Waals surface area contributed by atoms with E-state index in [0.29, 0.717) is 35.3 Å². The first kappa shape index (κ1) is 20.6. The van der Waals surface area contributed by atoms with E-state index in [4.69, 9.17) is 21.1 Å². The highest BCUT2D eigenvalue weighted by Gasteiger charge is 2.22. The summed E-state index contributed by atoms with van der Waals surface area (Å²) >= 11 is 5.91. The number of rotatable bonds is 8. The number of hydrogen-bond donors (Lipinski definition) is 1. The highest BCUT2D eigenvalue weighted by molar-refractivity contribution is 6.30. The molecule has 0 radical (unpaired) electrons. The van der Waals surface area contributed by atoms with Gasteiger partial charge in [-0.05, 0) is 53.6 Å². The van der Waals surface area contributed by atoms with Gasteiger partial charge in [0.1, 0.15) is 0 Å². The Labute approximate surface area is 173 Å². The number of benzene rings is 2. The molecule has 0 aliphatic rings. The molecule has 0 bridgehead atoms. The van der Waals surface area contributed by atoms with Crippen LogP contribution in [0.4, 0.5) is 0 Å². The molecule has 0 spiro atoms. The quantitative estimate of drug-likeness (QED) is 0.607. The van der Waals surface area contributed by atoms with Gasteiger partial charge in [-0.25, -0.2) is 0 Å². The number of aromatic nitrogens is 4. The molecule has 0 saturated heterocycles. The molecule has 1 N–H and O–H groups in total. The molecule has 1 heterocycles. The highest BCUT2D eigenvalue weighted by Crippen LogP contribution is 2.27. The molecule has 0 fully saturated rings. The first-order valence-corrected chi connectivity index (χ1v) is 9.47. The zero-order valence-electron chi connectivity index (χ0n) is 16.4. The number of carbonyl (C=O) groups is 1. The summed E-state index contributed by atoms with van der Waals surface area (Å²) in [6, 6.07) is 12.1. The first-order valence-electron chi connectivity index (χ1n) is 9.09. The van der Waals surface area contributed by atoms with Gasteiger partial charge in [-0.2, -0.15) is 4.80 Å². The van der Waals surface area contributed by atoms with E-state index in [1.807, 2.05) is 31.2 Å². The van der Waals surface area contributed by atoms with Gasteiger partial charge in [0.25, 0.3) is 0 Å². The van der Waals surface area contributed by atoms with Crippen molar-refractivity contribution in [1.82, 2.24) is 25.5 Å². The minimum atomic E-state index is -0.566. The Morgan fingerprint density at radius 2 is 1.86 bits per heavy atom. The topological polar surface area (TPSA) is 91.2 Å². The third-order valence-corrected chi connectivity index (χ3v) is 4.67. The van der Waals surface area contributed by atoms with E-state index in [1.54, 1.807) is 32.4 Å². The number of nitrogens with one attached hydrogen (secondary N) is 1. The van der Waals surface area contributed by atoms with E-state index in [1.165, 1.54) is 4.80 Å². The van der Waals surface area contributed by atoms with E-state index in [0.717, 1.165) is 11.1 Å². The maximum atomic E-state index is 12.7. The van der Waals surface area contributed by atoms with Crippen molar-refractivity contribution >= 4 is 17.5 Å². The molecule has 1 aromatic heterocycles. The highest BCUT2D eigenvalue weighted by atomic mass is 35.5. The third kappa shape index (κ3) is 4.83. The lowest BCUT2D eigenvalue weighted by Gasteiger charge is -2.14. The van der Waals surface area contributed by atoms with Gasteiger partial charge in [0.2, 0.25) is 11.7 Å². The predicted molar refractivity (Wildman–Crippen MR) is 109 cm³/mol. The Morgan fingerprint density at radius 1 is 1.14 bits per heavy atom. The minimum absolute atomic E-state index is 0.192. The van der Waals surface area contributed by atoms with E-state index < -0.39 is 6.04 Å². The molecule has 0 saturated carbocycles. The summed E-state index contributed by atoms with van der Waals surface area (Å²) in [4.78, 5) is 14.0. The minimum Gasteiger partial charge on any atom is -0.493 e. The van der Waals surface area contributed by atoms with Crippen LogP contribution in [0, 0.1) is 0 Å². The second kappa shape index (κ2) is 9.38. The van der Waals surface area contributed by atoms with Gasteiger partial charge in [0, 0.05) is 17.1 Å². The number of hydrogen-bond acceptors (Lipinski definition) is 6. The second-order valence-corrected chi connectivity index (χ2v) is 6.71. The van der Waals surface area contributed by atoms with Gasteiger partial charge in [0.05, 0.1) is 14.2 Å². The summed E-state index contributed by atoms with van der Waals surface area (Å²) < 4.78 is 10.5. The normalized spacial score (nSPS) is 11.7. The average Bonchev–Trinajstić information content (AvgIpc) is 3.22. The molecule has 9 heteroatoms. The Balaban J connectivity index is 1.69. The molecule has 8 nitrogen and oxygen atoms in total. The Bertz CT molecular complexity index is 975. The number of amides is 1. The third-order valence-electron chi connectivity index (χ3n) is 4.41. The fraction of sp³-hybridized carbons (Fsp3) is 0.300. The van der Waals surface area contributed by atoms with Crippen molar-refractivity contribution < 1.29 is 14.3 Å². The van der Waals surface area contributed by atoms with Crippen molar-refractivity contribution in [3.05, 3.63) is 53.1 Å². The van der Waals surface area contributed by atoms with Crippen molar-refractivity contribution in [2.75, 3.05) is 14.2 Å². The van der Waals surface area contributed by atoms with Crippen LogP contribution in [0.25, 0.3) is 11.4 Å². The number of nitrogens with zero attached hydrogens (tertiary/aromatic N) is 4.